The van der Waals surface area contributed by atoms with E-state index in [9.17, 15) is 24.0 Å². The van der Waals surface area contributed by atoms with Gasteiger partial charge in [-0.2, -0.15) is 0 Å². The number of hydrogen-bond acceptors (Lipinski definition) is 5. The van der Waals surface area contributed by atoms with Crippen LogP contribution in [0.3, 0.4) is 0 Å². The van der Waals surface area contributed by atoms with E-state index in [1.54, 1.807) is 6.92 Å². The van der Waals surface area contributed by atoms with E-state index in [1.165, 1.54) is 0 Å². The molecule has 0 saturated carbocycles. The van der Waals surface area contributed by atoms with E-state index < -0.39 is 18.2 Å². The van der Waals surface area contributed by atoms with E-state index in [2.05, 4.69) is 0 Å². The first-order valence-electron chi connectivity index (χ1n) is 7.57. The highest BCUT2D eigenvalue weighted by molar-refractivity contribution is 5.98. The number of carboxylic acids is 1. The normalized spacial score (nSPS) is 10.0. The molecule has 0 fully saturated rings. The Bertz CT molecular complexity index is 523. The van der Waals surface area contributed by atoms with Gasteiger partial charge in [-0.3, -0.25) is 24.0 Å². The lowest BCUT2D eigenvalue weighted by molar-refractivity contribution is -0.140. The van der Waals surface area contributed by atoms with Crippen LogP contribution in [0.5, 0.6) is 0 Å². The first kappa shape index (κ1) is 20.9. The van der Waals surface area contributed by atoms with Crippen molar-refractivity contribution >= 4 is 29.1 Å². The van der Waals surface area contributed by atoms with Gasteiger partial charge in [-0.1, -0.05) is 5.57 Å². The summed E-state index contributed by atoms with van der Waals surface area (Å²) < 4.78 is 0. The largest absolute Gasteiger partial charge is 0.481 e. The number of ketones is 4. The Hall–Kier alpha value is -2.11. The molecule has 0 saturated heterocycles. The molecule has 0 heterocycles. The van der Waals surface area contributed by atoms with Crippen LogP contribution in [-0.4, -0.2) is 34.2 Å². The highest BCUT2D eigenvalue weighted by atomic mass is 16.4. The molecule has 0 amide bonds. The van der Waals surface area contributed by atoms with Gasteiger partial charge in [0.15, 0.2) is 5.78 Å². The number of hydrogen-bond donors (Lipinski definition) is 1. The van der Waals surface area contributed by atoms with Crippen LogP contribution >= 0.6 is 0 Å². The SMILES string of the molecule is CC(C)=C(C)C(=O)CCC(=O)CCC(=O)CCC(=O)CC(=O)O. The minimum absolute atomic E-state index is 0.0228. The fourth-order valence-electron chi connectivity index (χ4n) is 1.78. The van der Waals surface area contributed by atoms with Gasteiger partial charge in [0.2, 0.25) is 0 Å². The molecular formula is C17H24O6. The van der Waals surface area contributed by atoms with Crippen molar-refractivity contribution in [3.8, 4) is 0 Å². The minimum atomic E-state index is -1.21. The fraction of sp³-hybridized carbons (Fsp3) is 0.588. The molecule has 0 radical (unpaired) electrons. The summed E-state index contributed by atoms with van der Waals surface area (Å²) in [5, 5.41) is 8.42. The molecule has 6 heteroatoms. The van der Waals surface area contributed by atoms with Gasteiger partial charge in [-0.05, 0) is 26.3 Å². The third-order valence-corrected chi connectivity index (χ3v) is 3.51. The summed E-state index contributed by atoms with van der Waals surface area (Å²) in [5.74, 6) is -2.19. The van der Waals surface area contributed by atoms with E-state index in [1.807, 2.05) is 13.8 Å². The van der Waals surface area contributed by atoms with Crippen LogP contribution in [0.4, 0.5) is 0 Å². The first-order chi connectivity index (χ1) is 10.6. The van der Waals surface area contributed by atoms with Gasteiger partial charge in [0.1, 0.15) is 23.8 Å². The second-order valence-corrected chi connectivity index (χ2v) is 5.73. The van der Waals surface area contributed by atoms with Crippen molar-refractivity contribution in [3.63, 3.8) is 0 Å². The zero-order chi connectivity index (χ0) is 18.0. The lowest BCUT2D eigenvalue weighted by Crippen LogP contribution is -2.11. The summed E-state index contributed by atoms with van der Waals surface area (Å²) in [5.41, 5.74) is 1.58. The zero-order valence-corrected chi connectivity index (χ0v) is 13.9. The number of carboxylic acid groups (broad SMARTS) is 1. The zero-order valence-electron chi connectivity index (χ0n) is 13.9. The van der Waals surface area contributed by atoms with Crippen molar-refractivity contribution in [1.82, 2.24) is 0 Å². The Balaban J connectivity index is 3.99. The van der Waals surface area contributed by atoms with Crippen molar-refractivity contribution < 1.29 is 29.1 Å². The summed E-state index contributed by atoms with van der Waals surface area (Å²) in [6.45, 7) is 5.39. The van der Waals surface area contributed by atoms with Crippen LogP contribution in [0.1, 0.15) is 65.7 Å². The molecule has 1 N–H and O–H groups in total. The molecule has 0 bridgehead atoms. The van der Waals surface area contributed by atoms with E-state index in [-0.39, 0.29) is 55.9 Å². The minimum Gasteiger partial charge on any atom is -0.481 e. The van der Waals surface area contributed by atoms with Crippen molar-refractivity contribution in [1.29, 1.82) is 0 Å². The molecule has 128 valence electrons. The predicted molar refractivity (Wildman–Crippen MR) is 84.0 cm³/mol. The average Bonchev–Trinajstić information content (AvgIpc) is 2.46. The van der Waals surface area contributed by atoms with Gasteiger partial charge >= 0.3 is 5.97 Å². The molecule has 0 aromatic rings. The van der Waals surface area contributed by atoms with Gasteiger partial charge in [0.25, 0.3) is 0 Å². The second kappa shape index (κ2) is 10.6. The third kappa shape index (κ3) is 10.3. The fourth-order valence-corrected chi connectivity index (χ4v) is 1.78. The molecule has 0 aliphatic carbocycles. The molecule has 0 aliphatic rings. The van der Waals surface area contributed by atoms with Gasteiger partial charge < -0.3 is 5.11 Å². The number of carbonyl (C=O) groups excluding carboxylic acids is 4. The standard InChI is InChI=1S/C17H24O6/c1-11(2)12(3)16(21)9-8-14(19)5-4-13(18)6-7-15(20)10-17(22)23/h4-10H2,1-3H3,(H,22,23). The molecule has 23 heavy (non-hydrogen) atoms. The number of carbonyl (C=O) groups is 5. The highest BCUT2D eigenvalue weighted by Gasteiger charge is 2.13. The monoisotopic (exact) mass is 324 g/mol. The average molecular weight is 324 g/mol. The first-order valence-corrected chi connectivity index (χ1v) is 7.57. The van der Waals surface area contributed by atoms with Crippen LogP contribution in [0.2, 0.25) is 0 Å². The van der Waals surface area contributed by atoms with Crippen molar-refractivity contribution in [2.45, 2.75) is 65.7 Å². The van der Waals surface area contributed by atoms with E-state index >= 15 is 0 Å². The van der Waals surface area contributed by atoms with Crippen LogP contribution < -0.4 is 0 Å². The Morgan fingerprint density at radius 3 is 1.43 bits per heavy atom. The van der Waals surface area contributed by atoms with Crippen molar-refractivity contribution in [2.75, 3.05) is 0 Å². The van der Waals surface area contributed by atoms with Crippen molar-refractivity contribution in [2.24, 2.45) is 0 Å². The molecule has 0 unspecified atom stereocenters. The number of aliphatic carboxylic acids is 1. The lowest BCUT2D eigenvalue weighted by atomic mass is 10.00. The Morgan fingerprint density at radius 1 is 0.652 bits per heavy atom. The Morgan fingerprint density at radius 2 is 1.04 bits per heavy atom. The molecule has 0 aliphatic heterocycles. The number of Topliss-reactive ketones (excluding diaryl/α,β-unsaturated/α-hetero) is 4. The Kier molecular flexibility index (Phi) is 9.62. The van der Waals surface area contributed by atoms with E-state index in [0.29, 0.717) is 5.57 Å². The van der Waals surface area contributed by atoms with Gasteiger partial charge in [0, 0.05) is 38.5 Å². The third-order valence-electron chi connectivity index (χ3n) is 3.51. The van der Waals surface area contributed by atoms with Gasteiger partial charge in [0.05, 0.1) is 0 Å². The molecule has 0 rings (SSSR count). The highest BCUT2D eigenvalue weighted by Crippen LogP contribution is 2.10. The summed E-state index contributed by atoms with van der Waals surface area (Å²) in [7, 11) is 0. The van der Waals surface area contributed by atoms with Gasteiger partial charge in [-0.25, -0.2) is 0 Å². The van der Waals surface area contributed by atoms with Crippen LogP contribution in [0.25, 0.3) is 0 Å². The van der Waals surface area contributed by atoms with Crippen LogP contribution in [0, 0.1) is 0 Å². The maximum absolute atomic E-state index is 11.7. The van der Waals surface area contributed by atoms with Gasteiger partial charge in [-0.15, -0.1) is 0 Å². The lowest BCUT2D eigenvalue weighted by Gasteiger charge is -2.03. The quantitative estimate of drug-likeness (QED) is 0.436. The van der Waals surface area contributed by atoms with Crippen LogP contribution in [0.15, 0.2) is 11.1 Å². The van der Waals surface area contributed by atoms with Crippen molar-refractivity contribution in [3.05, 3.63) is 11.1 Å². The molecule has 0 aromatic carbocycles. The summed E-state index contributed by atoms with van der Waals surface area (Å²) in [6, 6.07) is 0. The molecule has 6 nitrogen and oxygen atoms in total. The van der Waals surface area contributed by atoms with Crippen LogP contribution in [-0.2, 0) is 24.0 Å². The molecular weight excluding hydrogens is 300 g/mol. The number of rotatable bonds is 12. The smallest absolute Gasteiger partial charge is 0.310 e. The van der Waals surface area contributed by atoms with E-state index in [4.69, 9.17) is 5.11 Å². The topological polar surface area (TPSA) is 106 Å². The Labute approximate surface area is 135 Å². The summed E-state index contributed by atoms with van der Waals surface area (Å²) >= 11 is 0. The number of allylic oxidation sites excluding steroid dienone is 2. The predicted octanol–water partition coefficient (Wildman–Crippen LogP) is 2.43. The summed E-state index contributed by atoms with van der Waals surface area (Å²) in [6.07, 6.45) is -0.428. The second-order valence-electron chi connectivity index (χ2n) is 5.73. The molecule has 0 atom stereocenters. The maximum atomic E-state index is 11.7. The molecule has 0 spiro atoms. The maximum Gasteiger partial charge on any atom is 0.310 e. The summed E-state index contributed by atoms with van der Waals surface area (Å²) in [4.78, 5) is 56.4. The van der Waals surface area contributed by atoms with E-state index in [0.717, 1.165) is 5.57 Å². The molecule has 0 aromatic heterocycles.